The van der Waals surface area contributed by atoms with Crippen molar-refractivity contribution >= 4 is 67.4 Å². The molecule has 0 saturated carbocycles. The highest BCUT2D eigenvalue weighted by atomic mass is 35.5. The van der Waals surface area contributed by atoms with Crippen LogP contribution in [-0.4, -0.2) is 62.0 Å². The molecule has 0 amide bonds. The lowest BCUT2D eigenvalue weighted by Crippen LogP contribution is -2.41. The molecule has 1 saturated heterocycles. The number of rotatable bonds is 6. The van der Waals surface area contributed by atoms with Crippen LogP contribution in [0.2, 0.25) is 10.0 Å². The van der Waals surface area contributed by atoms with Crippen molar-refractivity contribution in [1.82, 2.24) is 28.2 Å². The Kier molecular flexibility index (Phi) is 6.87. The highest BCUT2D eigenvalue weighted by molar-refractivity contribution is 7.88. The molecule has 11 nitrogen and oxygen atoms in total. The number of anilines is 3. The lowest BCUT2D eigenvalue weighted by atomic mass is 10.1. The molecule has 2 aromatic carbocycles. The third-order valence-corrected chi connectivity index (χ3v) is 8.76. The molecule has 0 radical (unpaired) electrons. The van der Waals surface area contributed by atoms with Gasteiger partial charge in [0.2, 0.25) is 21.7 Å². The van der Waals surface area contributed by atoms with Gasteiger partial charge >= 0.3 is 0 Å². The molecule has 0 aliphatic carbocycles. The molecule has 0 spiro atoms. The fourth-order valence-corrected chi connectivity index (χ4v) is 6.30. The number of para-hydroxylation sites is 1. The van der Waals surface area contributed by atoms with Crippen LogP contribution in [0.5, 0.6) is 0 Å². The van der Waals surface area contributed by atoms with Crippen molar-refractivity contribution in [3.05, 3.63) is 81.5 Å². The summed E-state index contributed by atoms with van der Waals surface area (Å²) in [5.41, 5.74) is 2.02. The molecular formula is C26H24Cl2N8O3S. The quantitative estimate of drug-likeness (QED) is 0.296. The van der Waals surface area contributed by atoms with Gasteiger partial charge in [0.05, 0.1) is 22.0 Å². The molecule has 14 heteroatoms. The van der Waals surface area contributed by atoms with Gasteiger partial charge in [-0.3, -0.25) is 9.20 Å². The topological polar surface area (TPSA) is 127 Å². The number of halogens is 2. The van der Waals surface area contributed by atoms with E-state index in [1.807, 2.05) is 24.3 Å². The molecule has 0 unspecified atom stereocenters. The van der Waals surface area contributed by atoms with E-state index in [0.29, 0.717) is 46.2 Å². The largest absolute Gasteiger partial charge is 0.382 e. The van der Waals surface area contributed by atoms with Crippen molar-refractivity contribution in [3.8, 4) is 5.69 Å². The fraction of sp³-hybridized carbons (Fsp3) is 0.231. The number of fused-ring (bicyclic) bond motifs is 3. The SMILES string of the molecule is CS(=O)(=O)N1CCC(Nc2ccc(Nc3ncc4c(=O)n(-c5c(Cl)cccc5Cl)c5nccn5c4n3)cc2)CC1. The first kappa shape index (κ1) is 26.5. The first-order chi connectivity index (χ1) is 19.2. The van der Waals surface area contributed by atoms with E-state index in [2.05, 4.69) is 25.6 Å². The monoisotopic (exact) mass is 598 g/mol. The van der Waals surface area contributed by atoms with Crippen LogP contribution in [-0.2, 0) is 10.0 Å². The minimum atomic E-state index is -3.15. The minimum Gasteiger partial charge on any atom is -0.382 e. The molecule has 0 atom stereocenters. The maximum Gasteiger partial charge on any atom is 0.270 e. The lowest BCUT2D eigenvalue weighted by molar-refractivity contribution is 0.332. The summed E-state index contributed by atoms with van der Waals surface area (Å²) in [5, 5.41) is 7.56. The molecule has 1 fully saturated rings. The second-order valence-corrected chi connectivity index (χ2v) is 12.3. The van der Waals surface area contributed by atoms with Gasteiger partial charge in [-0.15, -0.1) is 0 Å². The molecule has 40 heavy (non-hydrogen) atoms. The summed E-state index contributed by atoms with van der Waals surface area (Å²) in [5.74, 6) is 0.624. The van der Waals surface area contributed by atoms with Crippen molar-refractivity contribution in [2.45, 2.75) is 18.9 Å². The van der Waals surface area contributed by atoms with Crippen molar-refractivity contribution in [2.24, 2.45) is 0 Å². The lowest BCUT2D eigenvalue weighted by Gasteiger charge is -2.31. The van der Waals surface area contributed by atoms with Gasteiger partial charge in [0.1, 0.15) is 5.39 Å². The fourth-order valence-electron chi connectivity index (χ4n) is 4.86. The Morgan fingerprint density at radius 3 is 2.33 bits per heavy atom. The van der Waals surface area contributed by atoms with Crippen LogP contribution < -0.4 is 16.2 Å². The number of imidazole rings is 1. The highest BCUT2D eigenvalue weighted by Crippen LogP contribution is 2.29. The number of sulfonamides is 1. The van der Waals surface area contributed by atoms with Gasteiger partial charge in [-0.1, -0.05) is 29.3 Å². The Morgan fingerprint density at radius 1 is 0.975 bits per heavy atom. The van der Waals surface area contributed by atoms with Gasteiger partial charge in [-0.05, 0) is 49.2 Å². The molecule has 1 aliphatic heterocycles. The second-order valence-electron chi connectivity index (χ2n) is 9.52. The summed E-state index contributed by atoms with van der Waals surface area (Å²) in [4.78, 5) is 26.9. The summed E-state index contributed by atoms with van der Waals surface area (Å²) in [6, 6.07) is 12.9. The predicted molar refractivity (Wildman–Crippen MR) is 157 cm³/mol. The summed E-state index contributed by atoms with van der Waals surface area (Å²) in [6.07, 6.45) is 7.47. The number of piperidine rings is 1. The molecule has 0 bridgehead atoms. The smallest absolute Gasteiger partial charge is 0.270 e. The number of benzene rings is 2. The van der Waals surface area contributed by atoms with Crippen LogP contribution in [0.1, 0.15) is 12.8 Å². The summed E-state index contributed by atoms with van der Waals surface area (Å²) >= 11 is 12.8. The Bertz CT molecular complexity index is 1880. The van der Waals surface area contributed by atoms with E-state index >= 15 is 0 Å². The van der Waals surface area contributed by atoms with E-state index in [1.54, 1.807) is 35.0 Å². The van der Waals surface area contributed by atoms with Crippen LogP contribution in [0.4, 0.5) is 17.3 Å². The number of nitrogens with one attached hydrogen (secondary N) is 2. The molecule has 1 aliphatic rings. The highest BCUT2D eigenvalue weighted by Gasteiger charge is 2.25. The van der Waals surface area contributed by atoms with Crippen molar-refractivity contribution in [3.63, 3.8) is 0 Å². The van der Waals surface area contributed by atoms with Crippen LogP contribution >= 0.6 is 23.2 Å². The minimum absolute atomic E-state index is 0.197. The average molecular weight is 600 g/mol. The first-order valence-electron chi connectivity index (χ1n) is 12.5. The molecule has 2 N–H and O–H groups in total. The number of hydrogen-bond acceptors (Lipinski definition) is 8. The molecule has 3 aromatic heterocycles. The normalized spacial score (nSPS) is 15.1. The Balaban J connectivity index is 1.24. The Labute approximate surface area is 239 Å². The molecule has 4 heterocycles. The Hall–Kier alpha value is -3.71. The van der Waals surface area contributed by atoms with Gasteiger partial charge < -0.3 is 10.6 Å². The van der Waals surface area contributed by atoms with Gasteiger partial charge in [0.25, 0.3) is 5.56 Å². The van der Waals surface area contributed by atoms with Crippen LogP contribution in [0.25, 0.3) is 22.5 Å². The van der Waals surface area contributed by atoms with Gasteiger partial charge in [-0.2, -0.15) is 4.98 Å². The zero-order valence-electron chi connectivity index (χ0n) is 21.3. The zero-order chi connectivity index (χ0) is 28.0. The summed E-state index contributed by atoms with van der Waals surface area (Å²) in [6.45, 7) is 1.02. The molecular weight excluding hydrogens is 575 g/mol. The van der Waals surface area contributed by atoms with E-state index < -0.39 is 15.6 Å². The third kappa shape index (κ3) is 4.99. The summed E-state index contributed by atoms with van der Waals surface area (Å²) in [7, 11) is -3.15. The number of hydrogen-bond donors (Lipinski definition) is 2. The van der Waals surface area contributed by atoms with Crippen molar-refractivity contribution in [1.29, 1.82) is 0 Å². The maximum absolute atomic E-state index is 13.5. The average Bonchev–Trinajstić information content (AvgIpc) is 3.41. The van der Waals surface area contributed by atoms with Crippen LogP contribution in [0, 0.1) is 0 Å². The second kappa shape index (κ2) is 10.4. The van der Waals surface area contributed by atoms with E-state index in [4.69, 9.17) is 23.2 Å². The molecule has 6 rings (SSSR count). The summed E-state index contributed by atoms with van der Waals surface area (Å²) < 4.78 is 28.0. The van der Waals surface area contributed by atoms with Crippen LogP contribution in [0.3, 0.4) is 0 Å². The Morgan fingerprint density at radius 2 is 1.65 bits per heavy atom. The maximum atomic E-state index is 13.5. The van der Waals surface area contributed by atoms with Gasteiger partial charge in [0, 0.05) is 49.1 Å². The van der Waals surface area contributed by atoms with Gasteiger partial charge in [0.15, 0.2) is 5.65 Å². The van der Waals surface area contributed by atoms with Gasteiger partial charge in [-0.25, -0.2) is 27.3 Å². The standard InChI is InChI=1S/C26H24Cl2N8O3S/c1-40(38,39)34-12-9-18(10-13-34)31-16-5-7-17(8-6-16)32-25-30-15-19-23(33-25)35-14-11-29-26(35)36(24(19)37)22-20(27)3-2-4-21(22)28/h2-8,11,14-15,18,31H,9-10,12-13H2,1H3,(H,30,32,33). The number of nitrogens with zero attached hydrogens (tertiary/aromatic N) is 6. The van der Waals surface area contributed by atoms with Crippen molar-refractivity contribution < 1.29 is 8.42 Å². The van der Waals surface area contributed by atoms with Crippen molar-refractivity contribution in [2.75, 3.05) is 30.0 Å². The third-order valence-electron chi connectivity index (χ3n) is 6.85. The van der Waals surface area contributed by atoms with E-state index in [1.165, 1.54) is 21.3 Å². The molecule has 206 valence electrons. The van der Waals surface area contributed by atoms with Crippen LogP contribution in [0.15, 0.2) is 65.8 Å². The zero-order valence-corrected chi connectivity index (χ0v) is 23.6. The van der Waals surface area contributed by atoms with E-state index in [9.17, 15) is 13.2 Å². The first-order valence-corrected chi connectivity index (χ1v) is 15.1. The predicted octanol–water partition coefficient (Wildman–Crippen LogP) is 4.31. The van der Waals surface area contributed by atoms with E-state index in [-0.39, 0.29) is 11.4 Å². The molecule has 5 aromatic rings. The van der Waals surface area contributed by atoms with E-state index in [0.717, 1.165) is 24.2 Å². The number of aromatic nitrogens is 5.